The molecule has 0 aromatic heterocycles. The molecule has 4 heteroatoms. The van der Waals surface area contributed by atoms with Crippen LogP contribution in [-0.2, 0) is 6.42 Å². The van der Waals surface area contributed by atoms with Crippen molar-refractivity contribution in [2.75, 3.05) is 19.0 Å². The Morgan fingerprint density at radius 2 is 1.75 bits per heavy atom. The van der Waals surface area contributed by atoms with Crippen LogP contribution in [0.5, 0.6) is 5.75 Å². The molecule has 0 bridgehead atoms. The molecule has 0 aliphatic heterocycles. The summed E-state index contributed by atoms with van der Waals surface area (Å²) in [6, 6.07) is 18.0. The quantitative estimate of drug-likeness (QED) is 0.827. The van der Waals surface area contributed by atoms with Gasteiger partial charge in [-0.15, -0.1) is 0 Å². The highest BCUT2D eigenvalue weighted by Gasteiger charge is 1.98. The number of hydrogen-bond acceptors (Lipinski definition) is 2. The van der Waals surface area contributed by atoms with Gasteiger partial charge in [-0.3, -0.25) is 0 Å². The van der Waals surface area contributed by atoms with Gasteiger partial charge in [0.2, 0.25) is 0 Å². The van der Waals surface area contributed by atoms with Crippen molar-refractivity contribution in [2.24, 2.45) is 0 Å². The summed E-state index contributed by atoms with van der Waals surface area (Å²) in [5.41, 5.74) is 2.25. The number of thiocarbonyl (C=S) groups is 1. The van der Waals surface area contributed by atoms with Gasteiger partial charge in [0.15, 0.2) is 5.11 Å². The van der Waals surface area contributed by atoms with Gasteiger partial charge < -0.3 is 15.4 Å². The molecule has 3 nitrogen and oxygen atoms in total. The van der Waals surface area contributed by atoms with E-state index in [2.05, 4.69) is 22.8 Å². The molecule has 0 fully saturated rings. The maximum Gasteiger partial charge on any atom is 0.170 e. The summed E-state index contributed by atoms with van der Waals surface area (Å²) in [5.74, 6) is 0.832. The van der Waals surface area contributed by atoms with Gasteiger partial charge in [0.1, 0.15) is 5.75 Å². The van der Waals surface area contributed by atoms with Crippen molar-refractivity contribution in [3.8, 4) is 5.75 Å². The molecular weight excluding hydrogens is 268 g/mol. The van der Waals surface area contributed by atoms with Crippen LogP contribution in [0.1, 0.15) is 5.56 Å². The topological polar surface area (TPSA) is 33.3 Å². The van der Waals surface area contributed by atoms with E-state index in [0.29, 0.717) is 5.11 Å². The maximum absolute atomic E-state index is 5.26. The number of benzene rings is 2. The summed E-state index contributed by atoms with van der Waals surface area (Å²) in [4.78, 5) is 0. The second kappa shape index (κ2) is 7.50. The van der Waals surface area contributed by atoms with Crippen LogP contribution in [0, 0.1) is 0 Å². The normalized spacial score (nSPS) is 9.85. The summed E-state index contributed by atoms with van der Waals surface area (Å²) in [7, 11) is 1.65. The van der Waals surface area contributed by atoms with E-state index in [0.717, 1.165) is 24.4 Å². The number of methoxy groups -OCH3 is 1. The van der Waals surface area contributed by atoms with E-state index in [1.807, 2.05) is 42.5 Å². The lowest BCUT2D eigenvalue weighted by Gasteiger charge is -2.11. The molecule has 0 amide bonds. The van der Waals surface area contributed by atoms with Gasteiger partial charge in [-0.05, 0) is 48.5 Å². The zero-order valence-corrected chi connectivity index (χ0v) is 12.2. The summed E-state index contributed by atoms with van der Waals surface area (Å²) in [5, 5.41) is 6.97. The van der Waals surface area contributed by atoms with E-state index in [4.69, 9.17) is 17.0 Å². The summed E-state index contributed by atoms with van der Waals surface area (Å²) >= 11 is 5.26. The average Bonchev–Trinajstić information content (AvgIpc) is 2.49. The average molecular weight is 286 g/mol. The van der Waals surface area contributed by atoms with Gasteiger partial charge >= 0.3 is 0 Å². The largest absolute Gasteiger partial charge is 0.497 e. The standard InChI is InChI=1S/C16H18N2OS/c1-19-15-9-7-14(8-10-15)18-16(20)17-12-11-13-5-3-2-4-6-13/h2-10H,11-12H2,1H3,(H2,17,18,20). The SMILES string of the molecule is COc1ccc(NC(=S)NCCc2ccccc2)cc1. The minimum absolute atomic E-state index is 0.631. The van der Waals surface area contributed by atoms with Crippen molar-refractivity contribution in [1.82, 2.24) is 5.32 Å². The Hall–Kier alpha value is -2.07. The van der Waals surface area contributed by atoms with Gasteiger partial charge in [-0.2, -0.15) is 0 Å². The molecule has 2 aromatic carbocycles. The first-order valence-corrected chi connectivity index (χ1v) is 6.91. The van der Waals surface area contributed by atoms with Crippen molar-refractivity contribution in [2.45, 2.75) is 6.42 Å². The molecule has 0 aliphatic rings. The molecule has 0 atom stereocenters. The summed E-state index contributed by atoms with van der Waals surface area (Å²) < 4.78 is 5.11. The van der Waals surface area contributed by atoms with Crippen LogP contribution in [0.25, 0.3) is 0 Å². The Kier molecular flexibility index (Phi) is 5.38. The summed E-state index contributed by atoms with van der Waals surface area (Å²) in [6.45, 7) is 0.812. The molecule has 104 valence electrons. The Balaban J connectivity index is 1.74. The van der Waals surface area contributed by atoms with Crippen molar-refractivity contribution in [3.63, 3.8) is 0 Å². The summed E-state index contributed by atoms with van der Waals surface area (Å²) in [6.07, 6.45) is 0.950. The Morgan fingerprint density at radius 3 is 2.40 bits per heavy atom. The van der Waals surface area contributed by atoms with E-state index >= 15 is 0 Å². The highest BCUT2D eigenvalue weighted by Crippen LogP contribution is 2.14. The Bertz CT molecular complexity index is 540. The lowest BCUT2D eigenvalue weighted by Crippen LogP contribution is -2.30. The van der Waals surface area contributed by atoms with Gasteiger partial charge in [0.25, 0.3) is 0 Å². The van der Waals surface area contributed by atoms with Crippen molar-refractivity contribution in [3.05, 3.63) is 60.2 Å². The fraction of sp³-hybridized carbons (Fsp3) is 0.188. The minimum atomic E-state index is 0.631. The molecule has 0 aliphatic carbocycles. The number of anilines is 1. The third-order valence-corrected chi connectivity index (χ3v) is 3.14. The third kappa shape index (κ3) is 4.55. The van der Waals surface area contributed by atoms with Gasteiger partial charge in [0, 0.05) is 12.2 Å². The van der Waals surface area contributed by atoms with Crippen molar-refractivity contribution >= 4 is 23.0 Å². The monoisotopic (exact) mass is 286 g/mol. The smallest absolute Gasteiger partial charge is 0.170 e. The van der Waals surface area contributed by atoms with Crippen LogP contribution in [-0.4, -0.2) is 18.8 Å². The van der Waals surface area contributed by atoms with E-state index in [9.17, 15) is 0 Å². The van der Waals surface area contributed by atoms with Crippen LogP contribution in [0.2, 0.25) is 0 Å². The van der Waals surface area contributed by atoms with E-state index in [-0.39, 0.29) is 0 Å². The van der Waals surface area contributed by atoms with Crippen LogP contribution in [0.4, 0.5) is 5.69 Å². The molecule has 0 saturated heterocycles. The Morgan fingerprint density at radius 1 is 1.05 bits per heavy atom. The second-order valence-electron chi connectivity index (χ2n) is 4.35. The number of rotatable bonds is 5. The number of ether oxygens (including phenoxy) is 1. The molecule has 0 heterocycles. The van der Waals surface area contributed by atoms with E-state index in [1.54, 1.807) is 7.11 Å². The minimum Gasteiger partial charge on any atom is -0.497 e. The third-order valence-electron chi connectivity index (χ3n) is 2.89. The van der Waals surface area contributed by atoms with Crippen LogP contribution in [0.3, 0.4) is 0 Å². The molecule has 0 radical (unpaired) electrons. The molecular formula is C16H18N2OS. The van der Waals surface area contributed by atoms with Gasteiger partial charge in [-0.1, -0.05) is 30.3 Å². The zero-order valence-electron chi connectivity index (χ0n) is 11.4. The molecule has 20 heavy (non-hydrogen) atoms. The van der Waals surface area contributed by atoms with Crippen molar-refractivity contribution < 1.29 is 4.74 Å². The zero-order chi connectivity index (χ0) is 14.2. The van der Waals surface area contributed by atoms with E-state index < -0.39 is 0 Å². The van der Waals surface area contributed by atoms with E-state index in [1.165, 1.54) is 5.56 Å². The molecule has 2 rings (SSSR count). The predicted molar refractivity (Wildman–Crippen MR) is 87.4 cm³/mol. The number of hydrogen-bond donors (Lipinski definition) is 2. The second-order valence-corrected chi connectivity index (χ2v) is 4.75. The van der Waals surface area contributed by atoms with Crippen LogP contribution in [0.15, 0.2) is 54.6 Å². The molecule has 2 N–H and O–H groups in total. The highest BCUT2D eigenvalue weighted by molar-refractivity contribution is 7.80. The molecule has 0 spiro atoms. The first kappa shape index (κ1) is 14.3. The Labute approximate surface area is 125 Å². The van der Waals surface area contributed by atoms with Gasteiger partial charge in [0.05, 0.1) is 7.11 Å². The first-order chi connectivity index (χ1) is 9.78. The predicted octanol–water partition coefficient (Wildman–Crippen LogP) is 3.22. The van der Waals surface area contributed by atoms with Crippen LogP contribution < -0.4 is 15.4 Å². The van der Waals surface area contributed by atoms with Crippen molar-refractivity contribution in [1.29, 1.82) is 0 Å². The maximum atomic E-state index is 5.26. The fourth-order valence-electron chi connectivity index (χ4n) is 1.81. The molecule has 2 aromatic rings. The first-order valence-electron chi connectivity index (χ1n) is 6.51. The fourth-order valence-corrected chi connectivity index (χ4v) is 2.03. The van der Waals surface area contributed by atoms with Gasteiger partial charge in [-0.25, -0.2) is 0 Å². The molecule has 0 saturated carbocycles. The number of nitrogens with one attached hydrogen (secondary N) is 2. The highest BCUT2D eigenvalue weighted by atomic mass is 32.1. The lowest BCUT2D eigenvalue weighted by molar-refractivity contribution is 0.415. The lowest BCUT2D eigenvalue weighted by atomic mass is 10.1. The molecule has 0 unspecified atom stereocenters. The van der Waals surface area contributed by atoms with Crippen LogP contribution >= 0.6 is 12.2 Å².